The van der Waals surface area contributed by atoms with Gasteiger partial charge in [-0.05, 0) is 6.92 Å². The number of hydrogen-bond donors (Lipinski definition) is 3. The Balaban J connectivity index is 0. The van der Waals surface area contributed by atoms with Crippen LogP contribution in [0.1, 0.15) is 6.92 Å². The van der Waals surface area contributed by atoms with Gasteiger partial charge in [0.2, 0.25) is 0 Å². The number of aliphatic hydroxyl groups is 1. The molecule has 0 saturated carbocycles. The van der Waals surface area contributed by atoms with Gasteiger partial charge in [-0.15, -0.1) is 0 Å². The summed E-state index contributed by atoms with van der Waals surface area (Å²) >= 11 is -2.75. The number of hydrogen-bond acceptors (Lipinski definition) is 3. The molecule has 0 aliphatic heterocycles. The Morgan fingerprint density at radius 2 is 1.90 bits per heavy atom. The van der Waals surface area contributed by atoms with E-state index in [1.807, 2.05) is 0 Å². The summed E-state index contributed by atoms with van der Waals surface area (Å²) in [7, 11) is 0. The first-order chi connectivity index (χ1) is 3.89. The molecule has 0 aliphatic rings. The van der Waals surface area contributed by atoms with Gasteiger partial charge in [0.05, 0.1) is 0 Å². The first kappa shape index (κ1) is 13.2. The van der Waals surface area contributed by atoms with E-state index in [0.717, 1.165) is 6.92 Å². The second-order valence-electron chi connectivity index (χ2n) is 1.54. The Kier molecular flexibility index (Phi) is 5.82. The van der Waals surface area contributed by atoms with E-state index in [-0.39, 0.29) is 29.6 Å². The number of rotatable bonds is 2. The van der Waals surface area contributed by atoms with E-state index < -0.39 is 22.0 Å². The van der Waals surface area contributed by atoms with Gasteiger partial charge in [-0.2, -0.15) is 0 Å². The quantitative estimate of drug-likeness (QED) is 0.348. The molecule has 2 unspecified atom stereocenters. The van der Waals surface area contributed by atoms with Crippen LogP contribution in [0.3, 0.4) is 0 Å². The van der Waals surface area contributed by atoms with E-state index in [2.05, 4.69) is 0 Å². The zero-order valence-electron chi connectivity index (χ0n) is 4.57. The molecule has 5 nitrogen and oxygen atoms in total. The third kappa shape index (κ3) is 3.09. The van der Waals surface area contributed by atoms with Crippen molar-refractivity contribution in [3.05, 3.63) is 0 Å². The summed E-state index contributed by atoms with van der Waals surface area (Å²) in [6.45, 7) is 0.742. The van der Waals surface area contributed by atoms with Crippen LogP contribution in [0.2, 0.25) is 0 Å². The third-order valence-electron chi connectivity index (χ3n) is 0.737. The van der Waals surface area contributed by atoms with Gasteiger partial charge in [0.25, 0.3) is 4.93 Å². The molecule has 0 aromatic rings. The van der Waals surface area contributed by atoms with Crippen LogP contribution in [-0.2, 0) is 15.9 Å². The molecule has 0 rings (SSSR count). The summed E-state index contributed by atoms with van der Waals surface area (Å²) in [6.07, 6.45) is 0. The van der Waals surface area contributed by atoms with Crippen molar-refractivity contribution in [1.29, 1.82) is 0 Å². The van der Waals surface area contributed by atoms with Gasteiger partial charge in [-0.1, -0.05) is 0 Å². The molecule has 0 bridgehead atoms. The summed E-state index contributed by atoms with van der Waals surface area (Å²) in [6, 6.07) is 0. The molecule has 3 N–H and O–H groups in total. The second kappa shape index (κ2) is 4.42. The van der Waals surface area contributed by atoms with Crippen molar-refractivity contribution < 1.29 is 23.8 Å². The predicted molar refractivity (Wildman–Crippen MR) is 36.2 cm³/mol. The van der Waals surface area contributed by atoms with Gasteiger partial charge in [0.1, 0.15) is 0 Å². The van der Waals surface area contributed by atoms with Gasteiger partial charge >= 0.3 is 35.5 Å². The first-order valence-electron chi connectivity index (χ1n) is 1.95. The van der Waals surface area contributed by atoms with Crippen molar-refractivity contribution in [3.63, 3.8) is 0 Å². The topological polar surface area (TPSA) is 94.8 Å². The van der Waals surface area contributed by atoms with Gasteiger partial charge in [0.15, 0.2) is 11.1 Å². The van der Waals surface area contributed by atoms with Crippen molar-refractivity contribution in [1.82, 2.24) is 0 Å². The maximum absolute atomic E-state index is 9.94. The molecule has 7 heteroatoms. The predicted octanol–water partition coefficient (Wildman–Crippen LogP) is -1.65. The van der Waals surface area contributed by atoms with Gasteiger partial charge in [-0.25, -0.2) is 9.00 Å². The summed E-state index contributed by atoms with van der Waals surface area (Å²) < 4.78 is 18.0. The minimum atomic E-state index is -2.75. The number of carboxylic acids is 1. The fraction of sp³-hybridized carbons (Fsp3) is 0.667. The van der Waals surface area contributed by atoms with E-state index in [1.165, 1.54) is 0 Å². The van der Waals surface area contributed by atoms with Crippen molar-refractivity contribution in [2.75, 3.05) is 0 Å². The Hall–Kier alpha value is 0.540. The number of aliphatic carboxylic acids is 1. The molecule has 2 atom stereocenters. The average Bonchev–Trinajstić information content (AvgIpc) is 1.65. The summed E-state index contributed by atoms with van der Waals surface area (Å²) in [5.41, 5.74) is 0. The Morgan fingerprint density at radius 3 is 1.90 bits per heavy atom. The first-order valence-corrected chi connectivity index (χ1v) is 3.06. The fourth-order valence-corrected chi connectivity index (χ4v) is 0.224. The van der Waals surface area contributed by atoms with Crippen LogP contribution >= 0.6 is 0 Å². The zero-order chi connectivity index (χ0) is 7.65. The molecule has 0 aromatic heterocycles. The molecule has 0 aromatic carbocycles. The normalized spacial score (nSPS) is 18.3. The van der Waals surface area contributed by atoms with E-state index in [9.17, 15) is 9.00 Å². The minimum absolute atomic E-state index is 0. The van der Waals surface area contributed by atoms with Crippen molar-refractivity contribution in [3.8, 4) is 0 Å². The van der Waals surface area contributed by atoms with Crippen LogP contribution in [-0.4, -0.2) is 59.4 Å². The molecule has 0 fully saturated rings. The van der Waals surface area contributed by atoms with E-state index >= 15 is 0 Å². The van der Waals surface area contributed by atoms with Crippen molar-refractivity contribution in [2.24, 2.45) is 0 Å². The van der Waals surface area contributed by atoms with Gasteiger partial charge < -0.3 is 14.8 Å². The van der Waals surface area contributed by atoms with Crippen LogP contribution in [0.25, 0.3) is 0 Å². The van der Waals surface area contributed by atoms with E-state index in [1.54, 1.807) is 0 Å². The molecule has 0 aliphatic carbocycles. The molecular weight excluding hydrogens is 171 g/mol. The van der Waals surface area contributed by atoms with Gasteiger partial charge in [0, 0.05) is 0 Å². The SMILES string of the molecule is CC(O)(C(=O)O)S(=O)O.[NaH]. The van der Waals surface area contributed by atoms with Crippen LogP contribution in [0.4, 0.5) is 0 Å². The number of carboxylic acid groups (broad SMARTS) is 1. The molecule has 56 valence electrons. The van der Waals surface area contributed by atoms with Crippen LogP contribution in [0.5, 0.6) is 0 Å². The van der Waals surface area contributed by atoms with Crippen LogP contribution in [0, 0.1) is 0 Å². The van der Waals surface area contributed by atoms with Crippen molar-refractivity contribution in [2.45, 2.75) is 11.9 Å². The molecule has 0 radical (unpaired) electrons. The molecule has 0 saturated heterocycles. The third-order valence-corrected chi connectivity index (χ3v) is 1.59. The van der Waals surface area contributed by atoms with Crippen LogP contribution in [0.15, 0.2) is 0 Å². The van der Waals surface area contributed by atoms with Gasteiger partial charge in [-0.3, -0.25) is 0 Å². The molecule has 0 heterocycles. The standard InChI is InChI=1S/C3H6O5S.Na.H/c1-3(6,2(4)5)9(7)8;;/h6H,1H3,(H,4,5)(H,7,8);;. The summed E-state index contributed by atoms with van der Waals surface area (Å²) in [5, 5.41) is 16.5. The second-order valence-corrected chi connectivity index (χ2v) is 2.83. The monoisotopic (exact) mass is 178 g/mol. The Labute approximate surface area is 82.0 Å². The Morgan fingerprint density at radius 1 is 1.60 bits per heavy atom. The summed E-state index contributed by atoms with van der Waals surface area (Å²) in [4.78, 5) is 7.30. The molecule has 0 amide bonds. The average molecular weight is 178 g/mol. The summed E-state index contributed by atoms with van der Waals surface area (Å²) in [5.74, 6) is -1.72. The van der Waals surface area contributed by atoms with Crippen LogP contribution < -0.4 is 0 Å². The maximum atomic E-state index is 9.94. The Bertz CT molecular complexity index is 139. The van der Waals surface area contributed by atoms with E-state index in [4.69, 9.17) is 14.8 Å². The molecule has 0 spiro atoms. The molecule has 10 heavy (non-hydrogen) atoms. The number of carbonyl (C=O) groups is 1. The van der Waals surface area contributed by atoms with E-state index in [0.29, 0.717) is 0 Å². The fourth-order valence-electron chi connectivity index (χ4n) is 0.0747. The molecular formula is C3H7NaO5S. The zero-order valence-corrected chi connectivity index (χ0v) is 5.38. The van der Waals surface area contributed by atoms with Crippen molar-refractivity contribution >= 4 is 46.6 Å².